The molecule has 2 aromatic heterocycles. The van der Waals surface area contributed by atoms with Crippen molar-refractivity contribution in [2.45, 2.75) is 6.42 Å². The van der Waals surface area contributed by atoms with Gasteiger partial charge in [0.05, 0.1) is 5.01 Å². The van der Waals surface area contributed by atoms with Crippen LogP contribution in [0.5, 0.6) is 0 Å². The van der Waals surface area contributed by atoms with Crippen LogP contribution in [0.15, 0.2) is 34.2 Å². The summed E-state index contributed by atoms with van der Waals surface area (Å²) in [4.78, 5) is 8.53. The van der Waals surface area contributed by atoms with Crippen LogP contribution in [-0.4, -0.2) is 16.5 Å². The van der Waals surface area contributed by atoms with Gasteiger partial charge in [0.1, 0.15) is 5.52 Å². The Morgan fingerprint density at radius 1 is 1.39 bits per heavy atom. The Morgan fingerprint density at radius 2 is 2.33 bits per heavy atom. The number of fused-ring (bicyclic) bond motifs is 1. The molecule has 18 heavy (non-hydrogen) atoms. The minimum atomic E-state index is 0.521. The summed E-state index contributed by atoms with van der Waals surface area (Å²) in [7, 11) is 0. The number of nitrogens with one attached hydrogen (secondary N) is 1. The molecule has 0 radical (unpaired) electrons. The summed E-state index contributed by atoms with van der Waals surface area (Å²) < 4.78 is 5.55. The van der Waals surface area contributed by atoms with Gasteiger partial charge >= 0.3 is 0 Å². The van der Waals surface area contributed by atoms with E-state index in [0.29, 0.717) is 11.7 Å². The number of oxazole rings is 1. The van der Waals surface area contributed by atoms with Crippen LogP contribution in [0.3, 0.4) is 0 Å². The maximum Gasteiger partial charge on any atom is 0.295 e. The first kappa shape index (κ1) is 11.0. The molecule has 2 heterocycles. The number of aromatic nitrogens is 2. The number of hydrogen-bond acceptors (Lipinski definition) is 6. The minimum absolute atomic E-state index is 0.521. The molecule has 0 amide bonds. The van der Waals surface area contributed by atoms with E-state index in [-0.39, 0.29) is 0 Å². The van der Waals surface area contributed by atoms with Gasteiger partial charge in [-0.3, -0.25) is 0 Å². The van der Waals surface area contributed by atoms with Crippen molar-refractivity contribution in [2.24, 2.45) is 0 Å². The van der Waals surface area contributed by atoms with Crippen molar-refractivity contribution < 1.29 is 4.42 Å². The minimum Gasteiger partial charge on any atom is -0.424 e. The average Bonchev–Trinajstić information content (AvgIpc) is 2.97. The quantitative estimate of drug-likeness (QED) is 0.705. The van der Waals surface area contributed by atoms with Gasteiger partial charge in [-0.05, 0) is 18.2 Å². The molecule has 1 aromatic carbocycles. The van der Waals surface area contributed by atoms with Crippen LogP contribution in [0.1, 0.15) is 5.01 Å². The molecular weight excluding hydrogens is 248 g/mol. The van der Waals surface area contributed by atoms with Crippen LogP contribution >= 0.6 is 11.3 Å². The van der Waals surface area contributed by atoms with Crippen molar-refractivity contribution in [3.8, 4) is 0 Å². The third-order valence-electron chi connectivity index (χ3n) is 2.51. The van der Waals surface area contributed by atoms with Crippen LogP contribution in [-0.2, 0) is 6.42 Å². The molecule has 0 aliphatic carbocycles. The third kappa shape index (κ3) is 2.28. The normalized spacial score (nSPS) is 10.9. The van der Waals surface area contributed by atoms with E-state index in [2.05, 4.69) is 15.3 Å². The van der Waals surface area contributed by atoms with Crippen LogP contribution in [0, 0.1) is 0 Å². The number of hydrogen-bond donors (Lipinski definition) is 2. The molecule has 0 atom stereocenters. The maximum absolute atomic E-state index is 5.69. The first-order valence-corrected chi connectivity index (χ1v) is 6.47. The van der Waals surface area contributed by atoms with Crippen molar-refractivity contribution in [1.29, 1.82) is 0 Å². The zero-order chi connectivity index (χ0) is 12.4. The number of nitrogens with two attached hydrogens (primary N) is 1. The summed E-state index contributed by atoms with van der Waals surface area (Å²) in [5.74, 6) is 0. The van der Waals surface area contributed by atoms with Gasteiger partial charge in [0, 0.05) is 30.2 Å². The lowest BCUT2D eigenvalue weighted by atomic mass is 10.3. The summed E-state index contributed by atoms with van der Waals surface area (Å²) in [6.45, 7) is 0.746. The Morgan fingerprint density at radius 3 is 3.17 bits per heavy atom. The summed E-state index contributed by atoms with van der Waals surface area (Å²) in [6, 6.07) is 5.94. The molecule has 3 rings (SSSR count). The predicted molar refractivity (Wildman–Crippen MR) is 72.7 cm³/mol. The number of nitrogen functional groups attached to an aromatic ring is 1. The first-order valence-electron chi connectivity index (χ1n) is 5.59. The van der Waals surface area contributed by atoms with Crippen molar-refractivity contribution in [1.82, 2.24) is 9.97 Å². The molecule has 0 fully saturated rings. The standard InChI is InChI=1S/C12H12N4OS/c13-8-1-2-10-9(7-8)16-12(17-10)15-4-3-11-14-5-6-18-11/h1-2,5-7H,3-4,13H2,(H,15,16). The van der Waals surface area contributed by atoms with E-state index in [0.717, 1.165) is 29.1 Å². The van der Waals surface area contributed by atoms with Gasteiger partial charge < -0.3 is 15.5 Å². The van der Waals surface area contributed by atoms with Gasteiger partial charge in [0.25, 0.3) is 6.01 Å². The van der Waals surface area contributed by atoms with Gasteiger partial charge in [-0.2, -0.15) is 4.98 Å². The van der Waals surface area contributed by atoms with Crippen molar-refractivity contribution in [2.75, 3.05) is 17.6 Å². The van der Waals surface area contributed by atoms with Gasteiger partial charge in [0.15, 0.2) is 5.58 Å². The van der Waals surface area contributed by atoms with E-state index >= 15 is 0 Å². The van der Waals surface area contributed by atoms with Gasteiger partial charge in [0.2, 0.25) is 0 Å². The number of anilines is 2. The van der Waals surface area contributed by atoms with E-state index in [1.165, 1.54) is 0 Å². The molecule has 3 aromatic rings. The molecule has 6 heteroatoms. The van der Waals surface area contributed by atoms with E-state index in [1.54, 1.807) is 23.5 Å². The van der Waals surface area contributed by atoms with E-state index in [1.807, 2.05) is 17.6 Å². The molecule has 0 aliphatic heterocycles. The average molecular weight is 260 g/mol. The second kappa shape index (κ2) is 4.66. The predicted octanol–water partition coefficient (Wildman–Crippen LogP) is 2.52. The Bertz CT molecular complexity index is 647. The first-order chi connectivity index (χ1) is 8.81. The van der Waals surface area contributed by atoms with Crippen LogP contribution in [0.2, 0.25) is 0 Å². The molecule has 0 saturated heterocycles. The van der Waals surface area contributed by atoms with Crippen molar-refractivity contribution >= 4 is 34.1 Å². The Labute approximate surface area is 108 Å². The second-order valence-electron chi connectivity index (χ2n) is 3.85. The Kier molecular flexibility index (Phi) is 2.85. The molecule has 0 bridgehead atoms. The Balaban J connectivity index is 1.67. The van der Waals surface area contributed by atoms with Crippen LogP contribution in [0.4, 0.5) is 11.7 Å². The zero-order valence-corrected chi connectivity index (χ0v) is 10.4. The largest absolute Gasteiger partial charge is 0.424 e. The molecule has 3 N–H and O–H groups in total. The fourth-order valence-electron chi connectivity index (χ4n) is 1.67. The fraction of sp³-hybridized carbons (Fsp3) is 0.167. The van der Waals surface area contributed by atoms with E-state index in [4.69, 9.17) is 10.2 Å². The van der Waals surface area contributed by atoms with Gasteiger partial charge in [-0.1, -0.05) is 0 Å². The smallest absolute Gasteiger partial charge is 0.295 e. The lowest BCUT2D eigenvalue weighted by Gasteiger charge is -1.97. The lowest BCUT2D eigenvalue weighted by Crippen LogP contribution is -2.04. The Hall–Kier alpha value is -2.08. The lowest BCUT2D eigenvalue weighted by molar-refractivity contribution is 0.614. The van der Waals surface area contributed by atoms with Gasteiger partial charge in [-0.25, -0.2) is 4.98 Å². The summed E-state index contributed by atoms with van der Waals surface area (Å²) in [6.07, 6.45) is 2.67. The summed E-state index contributed by atoms with van der Waals surface area (Å²) in [5.41, 5.74) is 7.88. The molecule has 0 aliphatic rings. The summed E-state index contributed by atoms with van der Waals surface area (Å²) >= 11 is 1.65. The highest BCUT2D eigenvalue weighted by atomic mass is 32.1. The molecule has 0 saturated carbocycles. The van der Waals surface area contributed by atoms with Gasteiger partial charge in [-0.15, -0.1) is 11.3 Å². The van der Waals surface area contributed by atoms with E-state index in [9.17, 15) is 0 Å². The van der Waals surface area contributed by atoms with E-state index < -0.39 is 0 Å². The van der Waals surface area contributed by atoms with Crippen LogP contribution < -0.4 is 11.1 Å². The maximum atomic E-state index is 5.69. The highest BCUT2D eigenvalue weighted by Gasteiger charge is 2.05. The SMILES string of the molecule is Nc1ccc2oc(NCCc3nccs3)nc2c1. The molecule has 5 nitrogen and oxygen atoms in total. The number of thiazole rings is 1. The van der Waals surface area contributed by atoms with Crippen molar-refractivity contribution in [3.63, 3.8) is 0 Å². The molecule has 92 valence electrons. The van der Waals surface area contributed by atoms with Crippen LogP contribution in [0.25, 0.3) is 11.1 Å². The molecular formula is C12H12N4OS. The van der Waals surface area contributed by atoms with Crippen molar-refractivity contribution in [3.05, 3.63) is 34.8 Å². The highest BCUT2D eigenvalue weighted by Crippen LogP contribution is 2.20. The number of benzene rings is 1. The number of rotatable bonds is 4. The second-order valence-corrected chi connectivity index (χ2v) is 4.83. The topological polar surface area (TPSA) is 77.0 Å². The fourth-order valence-corrected chi connectivity index (χ4v) is 2.29. The zero-order valence-electron chi connectivity index (χ0n) is 9.59. The third-order valence-corrected chi connectivity index (χ3v) is 3.35. The molecule has 0 spiro atoms. The number of nitrogens with zero attached hydrogens (tertiary/aromatic N) is 2. The molecule has 0 unspecified atom stereocenters. The highest BCUT2D eigenvalue weighted by molar-refractivity contribution is 7.09. The summed E-state index contributed by atoms with van der Waals surface area (Å²) in [5, 5.41) is 6.21. The monoisotopic (exact) mass is 260 g/mol.